The molecule has 10 heavy (non-hydrogen) atoms. The average Bonchev–Trinajstić information content (AvgIpc) is 2.17. The minimum atomic E-state index is 0.514. The van der Waals surface area contributed by atoms with Crippen LogP contribution in [0.15, 0.2) is 4.47 Å². The second-order valence-corrected chi connectivity index (χ2v) is 2.63. The Hall–Kier alpha value is -0.710. The minimum Gasteiger partial charge on any atom is -0.479 e. The topological polar surface area (TPSA) is 53.1 Å². The summed E-state index contributed by atoms with van der Waals surface area (Å²) in [4.78, 5) is 0. The molecule has 0 aliphatic rings. The Kier molecular flexibility index (Phi) is 1.85. The van der Waals surface area contributed by atoms with E-state index in [9.17, 15) is 0 Å². The van der Waals surface area contributed by atoms with Crippen LogP contribution in [0.4, 0.5) is 5.82 Å². The van der Waals surface area contributed by atoms with Crippen molar-refractivity contribution in [1.82, 2.24) is 9.78 Å². The first kappa shape index (κ1) is 7.40. The molecule has 0 unspecified atom stereocenters. The SMILES string of the molecule is COc1nn(C)c(N)c1Br. The summed E-state index contributed by atoms with van der Waals surface area (Å²) in [6.45, 7) is 0. The van der Waals surface area contributed by atoms with Crippen molar-refractivity contribution in [3.8, 4) is 5.88 Å². The van der Waals surface area contributed by atoms with Crippen LogP contribution in [0.1, 0.15) is 0 Å². The van der Waals surface area contributed by atoms with E-state index in [-0.39, 0.29) is 0 Å². The molecule has 4 nitrogen and oxygen atoms in total. The molecule has 0 atom stereocenters. The molecular formula is C5H8BrN3O. The van der Waals surface area contributed by atoms with Crippen molar-refractivity contribution in [2.24, 2.45) is 7.05 Å². The molecule has 1 heterocycles. The number of aryl methyl sites for hydroxylation is 1. The smallest absolute Gasteiger partial charge is 0.249 e. The number of nitrogens with zero attached hydrogens (tertiary/aromatic N) is 2. The maximum Gasteiger partial charge on any atom is 0.249 e. The number of aromatic nitrogens is 2. The Labute approximate surface area is 67.1 Å². The number of hydrogen-bond donors (Lipinski definition) is 1. The molecule has 0 aliphatic heterocycles. The largest absolute Gasteiger partial charge is 0.479 e. The van der Waals surface area contributed by atoms with E-state index in [0.29, 0.717) is 16.2 Å². The van der Waals surface area contributed by atoms with E-state index in [4.69, 9.17) is 10.5 Å². The van der Waals surface area contributed by atoms with Gasteiger partial charge in [0.1, 0.15) is 10.3 Å². The van der Waals surface area contributed by atoms with Gasteiger partial charge in [-0.2, -0.15) is 0 Å². The third kappa shape index (κ3) is 0.965. The van der Waals surface area contributed by atoms with Gasteiger partial charge in [0.2, 0.25) is 5.88 Å². The molecule has 1 rings (SSSR count). The normalized spacial score (nSPS) is 9.90. The molecule has 0 amide bonds. The summed E-state index contributed by atoms with van der Waals surface area (Å²) in [7, 11) is 3.30. The lowest BCUT2D eigenvalue weighted by molar-refractivity contribution is 0.390. The van der Waals surface area contributed by atoms with Crippen LogP contribution in [0, 0.1) is 0 Å². The molecule has 0 radical (unpaired) electrons. The molecule has 1 aromatic rings. The summed E-state index contributed by atoms with van der Waals surface area (Å²) < 4.78 is 7.14. The number of anilines is 1. The number of nitrogens with two attached hydrogens (primary N) is 1. The number of hydrogen-bond acceptors (Lipinski definition) is 3. The molecule has 56 valence electrons. The van der Waals surface area contributed by atoms with Crippen LogP contribution >= 0.6 is 15.9 Å². The van der Waals surface area contributed by atoms with Crippen LogP contribution in [0.5, 0.6) is 5.88 Å². The van der Waals surface area contributed by atoms with Crippen molar-refractivity contribution in [3.63, 3.8) is 0 Å². The minimum absolute atomic E-state index is 0.514. The predicted molar refractivity (Wildman–Crippen MR) is 41.9 cm³/mol. The fourth-order valence-electron chi connectivity index (χ4n) is 0.616. The molecule has 5 heteroatoms. The molecule has 1 aromatic heterocycles. The third-order valence-electron chi connectivity index (χ3n) is 1.20. The second kappa shape index (κ2) is 2.49. The lowest BCUT2D eigenvalue weighted by atomic mass is 10.6. The predicted octanol–water partition coefficient (Wildman–Crippen LogP) is 0.773. The molecule has 0 saturated heterocycles. The Morgan fingerprint density at radius 1 is 1.70 bits per heavy atom. The molecule has 0 aromatic carbocycles. The van der Waals surface area contributed by atoms with Gasteiger partial charge in [0.05, 0.1) is 7.11 Å². The highest BCUT2D eigenvalue weighted by molar-refractivity contribution is 9.10. The summed E-state index contributed by atoms with van der Waals surface area (Å²) in [6, 6.07) is 0. The van der Waals surface area contributed by atoms with Crippen LogP contribution in [0.2, 0.25) is 0 Å². The van der Waals surface area contributed by atoms with Crippen LogP contribution in [0.25, 0.3) is 0 Å². The van der Waals surface area contributed by atoms with E-state index in [0.717, 1.165) is 0 Å². The molecular weight excluding hydrogens is 198 g/mol. The summed E-state index contributed by atoms with van der Waals surface area (Å²) in [6.07, 6.45) is 0. The zero-order valence-electron chi connectivity index (χ0n) is 5.76. The molecule has 0 aliphatic carbocycles. The maximum atomic E-state index is 5.55. The van der Waals surface area contributed by atoms with Crippen molar-refractivity contribution >= 4 is 21.7 Å². The van der Waals surface area contributed by atoms with Gasteiger partial charge in [-0.15, -0.1) is 5.10 Å². The monoisotopic (exact) mass is 205 g/mol. The van der Waals surface area contributed by atoms with Crippen LogP contribution in [-0.4, -0.2) is 16.9 Å². The number of ether oxygens (including phenoxy) is 1. The highest BCUT2D eigenvalue weighted by Crippen LogP contribution is 2.28. The molecule has 0 bridgehead atoms. The van der Waals surface area contributed by atoms with Gasteiger partial charge in [-0.1, -0.05) is 0 Å². The first-order valence-electron chi connectivity index (χ1n) is 2.68. The standard InChI is InChI=1S/C5H8BrN3O/c1-9-4(7)3(6)5(8-9)10-2/h7H2,1-2H3. The van der Waals surface area contributed by atoms with Gasteiger partial charge in [0.25, 0.3) is 0 Å². The van der Waals surface area contributed by atoms with Gasteiger partial charge in [0, 0.05) is 7.05 Å². The van der Waals surface area contributed by atoms with Gasteiger partial charge < -0.3 is 10.5 Å². The first-order chi connectivity index (χ1) is 4.66. The highest BCUT2D eigenvalue weighted by Gasteiger charge is 2.09. The van der Waals surface area contributed by atoms with E-state index in [1.807, 2.05) is 0 Å². The third-order valence-corrected chi connectivity index (χ3v) is 1.94. The number of methoxy groups -OCH3 is 1. The summed E-state index contributed by atoms with van der Waals surface area (Å²) >= 11 is 3.23. The van der Waals surface area contributed by atoms with Gasteiger partial charge in [0.15, 0.2) is 0 Å². The zero-order chi connectivity index (χ0) is 7.72. The highest BCUT2D eigenvalue weighted by atomic mass is 79.9. The van der Waals surface area contributed by atoms with Crippen molar-refractivity contribution in [1.29, 1.82) is 0 Å². The quantitative estimate of drug-likeness (QED) is 0.738. The lowest BCUT2D eigenvalue weighted by Crippen LogP contribution is -1.97. The lowest BCUT2D eigenvalue weighted by Gasteiger charge is -1.90. The first-order valence-corrected chi connectivity index (χ1v) is 3.48. The van der Waals surface area contributed by atoms with Crippen molar-refractivity contribution in [2.45, 2.75) is 0 Å². The van der Waals surface area contributed by atoms with Crippen LogP contribution in [0.3, 0.4) is 0 Å². The summed E-state index contributed by atoms with van der Waals surface area (Å²) in [5, 5.41) is 3.95. The fraction of sp³-hybridized carbons (Fsp3) is 0.400. The summed E-state index contributed by atoms with van der Waals surface area (Å²) in [5.74, 6) is 1.08. The molecule has 2 N–H and O–H groups in total. The van der Waals surface area contributed by atoms with Gasteiger partial charge in [-0.3, -0.25) is 0 Å². The van der Waals surface area contributed by atoms with Crippen molar-refractivity contribution < 1.29 is 4.74 Å². The maximum absolute atomic E-state index is 5.55. The Bertz CT molecular complexity index is 245. The molecule has 0 spiro atoms. The molecule has 0 saturated carbocycles. The van der Waals surface area contributed by atoms with Gasteiger partial charge >= 0.3 is 0 Å². The summed E-state index contributed by atoms with van der Waals surface area (Å²) in [5.41, 5.74) is 5.55. The van der Waals surface area contributed by atoms with Crippen molar-refractivity contribution in [2.75, 3.05) is 12.8 Å². The van der Waals surface area contributed by atoms with E-state index >= 15 is 0 Å². The Balaban J connectivity index is 3.17. The Morgan fingerprint density at radius 2 is 2.30 bits per heavy atom. The van der Waals surface area contributed by atoms with E-state index in [2.05, 4.69) is 21.0 Å². The average molecular weight is 206 g/mol. The van der Waals surface area contributed by atoms with Crippen molar-refractivity contribution in [3.05, 3.63) is 4.47 Å². The van der Waals surface area contributed by atoms with Crippen LogP contribution in [-0.2, 0) is 7.05 Å². The van der Waals surface area contributed by atoms with E-state index in [1.54, 1.807) is 18.8 Å². The molecule has 0 fully saturated rings. The van der Waals surface area contributed by atoms with E-state index in [1.165, 1.54) is 0 Å². The second-order valence-electron chi connectivity index (χ2n) is 1.83. The number of rotatable bonds is 1. The van der Waals surface area contributed by atoms with Crippen LogP contribution < -0.4 is 10.5 Å². The fourth-order valence-corrected chi connectivity index (χ4v) is 1.11. The Morgan fingerprint density at radius 3 is 2.50 bits per heavy atom. The number of halogens is 1. The zero-order valence-corrected chi connectivity index (χ0v) is 7.34. The van der Waals surface area contributed by atoms with Gasteiger partial charge in [-0.05, 0) is 15.9 Å². The van der Waals surface area contributed by atoms with E-state index < -0.39 is 0 Å². The number of nitrogen functional groups attached to an aromatic ring is 1. The van der Waals surface area contributed by atoms with Gasteiger partial charge in [-0.25, -0.2) is 4.68 Å².